The number of aryl methyl sites for hydroxylation is 1. The van der Waals surface area contributed by atoms with Crippen LogP contribution in [0.5, 0.6) is 0 Å². The molecule has 0 N–H and O–H groups in total. The van der Waals surface area contributed by atoms with Crippen molar-refractivity contribution < 1.29 is 27.1 Å². The fraction of sp³-hybridized carbons (Fsp3) is 0.333. The molecule has 1 amide bonds. The predicted molar refractivity (Wildman–Crippen MR) is 108 cm³/mol. The molecule has 0 radical (unpaired) electrons. The molecule has 0 bridgehead atoms. The maximum absolute atomic E-state index is 13.0. The zero-order valence-corrected chi connectivity index (χ0v) is 17.4. The number of piperazine rings is 1. The van der Waals surface area contributed by atoms with Gasteiger partial charge in [0.15, 0.2) is 6.61 Å². The van der Waals surface area contributed by atoms with Crippen LogP contribution < -0.4 is 0 Å². The molecule has 1 aliphatic rings. The standard InChI is InChI=1S/C21H23FN2O5S/c1-16-4-2-3-5-17(16)14-21(26)29-15-20(25)23-10-12-24(13-11-23)30(27,28)19-8-6-18(22)7-9-19/h2-9H,10-15H2,1H3. The van der Waals surface area contributed by atoms with Gasteiger partial charge in [0.05, 0.1) is 11.3 Å². The van der Waals surface area contributed by atoms with Crippen LogP contribution in [0.15, 0.2) is 53.4 Å². The normalized spacial score (nSPS) is 15.1. The van der Waals surface area contributed by atoms with Crippen LogP contribution in [0.4, 0.5) is 4.39 Å². The van der Waals surface area contributed by atoms with Gasteiger partial charge in [-0.05, 0) is 42.3 Å². The molecule has 1 aliphatic heterocycles. The van der Waals surface area contributed by atoms with Crippen LogP contribution in [-0.2, 0) is 30.8 Å². The Labute approximate surface area is 175 Å². The van der Waals surface area contributed by atoms with Crippen molar-refractivity contribution in [3.63, 3.8) is 0 Å². The van der Waals surface area contributed by atoms with E-state index in [0.29, 0.717) is 0 Å². The Balaban J connectivity index is 1.48. The van der Waals surface area contributed by atoms with E-state index >= 15 is 0 Å². The van der Waals surface area contributed by atoms with Crippen molar-refractivity contribution in [3.05, 3.63) is 65.5 Å². The Bertz CT molecular complexity index is 1020. The van der Waals surface area contributed by atoms with E-state index in [-0.39, 0.29) is 50.0 Å². The highest BCUT2D eigenvalue weighted by Gasteiger charge is 2.30. The van der Waals surface area contributed by atoms with Crippen molar-refractivity contribution in [1.29, 1.82) is 0 Å². The summed E-state index contributed by atoms with van der Waals surface area (Å²) in [4.78, 5) is 25.8. The summed E-state index contributed by atoms with van der Waals surface area (Å²) in [6, 6.07) is 12.1. The number of hydrogen-bond donors (Lipinski definition) is 0. The first-order valence-corrected chi connectivity index (χ1v) is 10.9. The Morgan fingerprint density at radius 2 is 1.63 bits per heavy atom. The highest BCUT2D eigenvalue weighted by Crippen LogP contribution is 2.18. The van der Waals surface area contributed by atoms with Crippen molar-refractivity contribution >= 4 is 21.9 Å². The topological polar surface area (TPSA) is 84.0 Å². The lowest BCUT2D eigenvalue weighted by atomic mass is 10.1. The third kappa shape index (κ3) is 5.22. The highest BCUT2D eigenvalue weighted by molar-refractivity contribution is 7.89. The van der Waals surface area contributed by atoms with Crippen LogP contribution in [0.1, 0.15) is 11.1 Å². The van der Waals surface area contributed by atoms with E-state index < -0.39 is 21.8 Å². The fourth-order valence-corrected chi connectivity index (χ4v) is 4.60. The smallest absolute Gasteiger partial charge is 0.310 e. The maximum Gasteiger partial charge on any atom is 0.310 e. The number of benzene rings is 2. The molecule has 9 heteroatoms. The number of hydrogen-bond acceptors (Lipinski definition) is 5. The van der Waals surface area contributed by atoms with Crippen molar-refractivity contribution in [2.24, 2.45) is 0 Å². The summed E-state index contributed by atoms with van der Waals surface area (Å²) < 4.78 is 44.6. The zero-order valence-electron chi connectivity index (χ0n) is 16.6. The van der Waals surface area contributed by atoms with E-state index in [1.165, 1.54) is 21.3 Å². The molecule has 0 unspecified atom stereocenters. The molecular formula is C21H23FN2O5S. The molecule has 0 atom stereocenters. The molecule has 0 aromatic heterocycles. The van der Waals surface area contributed by atoms with Gasteiger partial charge in [0.1, 0.15) is 5.82 Å². The van der Waals surface area contributed by atoms with Gasteiger partial charge in [-0.1, -0.05) is 24.3 Å². The van der Waals surface area contributed by atoms with Gasteiger partial charge in [0, 0.05) is 26.2 Å². The number of carbonyl (C=O) groups is 2. The minimum Gasteiger partial charge on any atom is -0.455 e. The highest BCUT2D eigenvalue weighted by atomic mass is 32.2. The second-order valence-electron chi connectivity index (χ2n) is 7.00. The number of esters is 1. The molecule has 0 aliphatic carbocycles. The second-order valence-corrected chi connectivity index (χ2v) is 8.94. The van der Waals surface area contributed by atoms with Crippen molar-refractivity contribution in [2.75, 3.05) is 32.8 Å². The number of carbonyl (C=O) groups excluding carboxylic acids is 2. The minimum atomic E-state index is -3.75. The summed E-state index contributed by atoms with van der Waals surface area (Å²) in [5.41, 5.74) is 1.81. The zero-order chi connectivity index (χ0) is 21.7. The van der Waals surface area contributed by atoms with Gasteiger partial charge >= 0.3 is 5.97 Å². The second kappa shape index (κ2) is 9.36. The summed E-state index contributed by atoms with van der Waals surface area (Å²) in [6.45, 7) is 2.12. The average molecular weight is 434 g/mol. The van der Waals surface area contributed by atoms with Crippen LogP contribution in [0, 0.1) is 12.7 Å². The number of nitrogens with zero attached hydrogens (tertiary/aromatic N) is 2. The quantitative estimate of drug-likeness (QED) is 0.647. The van der Waals surface area contributed by atoms with Crippen LogP contribution in [-0.4, -0.2) is 62.3 Å². The third-order valence-corrected chi connectivity index (χ3v) is 6.91. The monoisotopic (exact) mass is 434 g/mol. The van der Waals surface area contributed by atoms with Crippen molar-refractivity contribution in [3.8, 4) is 0 Å². The fourth-order valence-electron chi connectivity index (χ4n) is 3.18. The van der Waals surface area contributed by atoms with Gasteiger partial charge in [-0.15, -0.1) is 0 Å². The largest absolute Gasteiger partial charge is 0.455 e. The number of halogens is 1. The molecular weight excluding hydrogens is 411 g/mol. The Morgan fingerprint density at radius 1 is 1.00 bits per heavy atom. The molecule has 1 heterocycles. The lowest BCUT2D eigenvalue weighted by molar-refractivity contribution is -0.152. The first-order valence-electron chi connectivity index (χ1n) is 9.51. The Kier molecular flexibility index (Phi) is 6.84. The van der Waals surface area contributed by atoms with Gasteiger partial charge < -0.3 is 9.64 Å². The van der Waals surface area contributed by atoms with E-state index in [4.69, 9.17) is 4.74 Å². The maximum atomic E-state index is 13.0. The van der Waals surface area contributed by atoms with Gasteiger partial charge in [-0.2, -0.15) is 4.31 Å². The van der Waals surface area contributed by atoms with Gasteiger partial charge in [0.2, 0.25) is 10.0 Å². The number of amides is 1. The summed E-state index contributed by atoms with van der Waals surface area (Å²) in [6.07, 6.45) is 0.0869. The molecule has 1 saturated heterocycles. The minimum absolute atomic E-state index is 0.00816. The summed E-state index contributed by atoms with van der Waals surface area (Å²) in [5.74, 6) is -1.37. The summed E-state index contributed by atoms with van der Waals surface area (Å²) >= 11 is 0. The molecule has 0 spiro atoms. The molecule has 2 aromatic rings. The lowest BCUT2D eigenvalue weighted by Crippen LogP contribution is -2.51. The molecule has 3 rings (SSSR count). The average Bonchev–Trinajstić information content (AvgIpc) is 2.74. The number of rotatable bonds is 6. The van der Waals surface area contributed by atoms with Crippen LogP contribution in [0.3, 0.4) is 0 Å². The lowest BCUT2D eigenvalue weighted by Gasteiger charge is -2.33. The Hall–Kier alpha value is -2.78. The summed E-state index contributed by atoms with van der Waals surface area (Å²) in [5, 5.41) is 0. The predicted octanol–water partition coefficient (Wildman–Crippen LogP) is 1.75. The van der Waals surface area contributed by atoms with Crippen LogP contribution in [0.25, 0.3) is 0 Å². The van der Waals surface area contributed by atoms with E-state index in [1.807, 2.05) is 31.2 Å². The molecule has 7 nitrogen and oxygen atoms in total. The van der Waals surface area contributed by atoms with E-state index in [0.717, 1.165) is 23.3 Å². The van der Waals surface area contributed by atoms with Crippen molar-refractivity contribution in [2.45, 2.75) is 18.2 Å². The van der Waals surface area contributed by atoms with Gasteiger partial charge in [-0.3, -0.25) is 9.59 Å². The number of sulfonamides is 1. The molecule has 30 heavy (non-hydrogen) atoms. The SMILES string of the molecule is Cc1ccccc1CC(=O)OCC(=O)N1CCN(S(=O)(=O)c2ccc(F)cc2)CC1. The summed E-state index contributed by atoms with van der Waals surface area (Å²) in [7, 11) is -3.75. The van der Waals surface area contributed by atoms with E-state index in [2.05, 4.69) is 0 Å². The van der Waals surface area contributed by atoms with Crippen LogP contribution >= 0.6 is 0 Å². The molecule has 0 saturated carbocycles. The molecule has 2 aromatic carbocycles. The van der Waals surface area contributed by atoms with Crippen molar-refractivity contribution in [1.82, 2.24) is 9.21 Å². The third-order valence-electron chi connectivity index (χ3n) is 5.00. The van der Waals surface area contributed by atoms with Gasteiger partial charge in [0.25, 0.3) is 5.91 Å². The van der Waals surface area contributed by atoms with E-state index in [9.17, 15) is 22.4 Å². The van der Waals surface area contributed by atoms with Crippen LogP contribution in [0.2, 0.25) is 0 Å². The first kappa shape index (κ1) is 21.9. The molecule has 160 valence electrons. The van der Waals surface area contributed by atoms with Gasteiger partial charge in [-0.25, -0.2) is 12.8 Å². The Morgan fingerprint density at radius 3 is 2.27 bits per heavy atom. The first-order chi connectivity index (χ1) is 14.3. The molecule has 1 fully saturated rings. The number of ether oxygens (including phenoxy) is 1. The van der Waals surface area contributed by atoms with E-state index in [1.54, 1.807) is 0 Å².